The summed E-state index contributed by atoms with van der Waals surface area (Å²) in [7, 11) is 2.00. The molecule has 0 aromatic heterocycles. The molecule has 124 valence electrons. The molecular weight excluding hydrogens is 283 g/mol. The van der Waals surface area contributed by atoms with Gasteiger partial charge < -0.3 is 15.1 Å². The molecule has 1 aromatic rings. The molecule has 1 aliphatic heterocycles. The van der Waals surface area contributed by atoms with Crippen LogP contribution in [0, 0.1) is 24.6 Å². The van der Waals surface area contributed by atoms with Crippen LogP contribution in [-0.4, -0.2) is 66.5 Å². The Morgan fingerprint density at radius 2 is 2.00 bits per heavy atom. The van der Waals surface area contributed by atoms with E-state index in [0.717, 1.165) is 31.7 Å². The van der Waals surface area contributed by atoms with Crippen LogP contribution in [-0.2, 0) is 6.54 Å². The van der Waals surface area contributed by atoms with E-state index in [-0.39, 0.29) is 24.9 Å². The molecule has 22 heavy (non-hydrogen) atoms. The highest BCUT2D eigenvalue weighted by atomic mass is 19.1. The van der Waals surface area contributed by atoms with Gasteiger partial charge in [0.15, 0.2) is 0 Å². The van der Waals surface area contributed by atoms with Crippen LogP contribution in [0.4, 0.5) is 4.39 Å². The number of nitrogens with zero attached hydrogens (tertiary/aromatic N) is 2. The molecule has 0 unspecified atom stereocenters. The van der Waals surface area contributed by atoms with E-state index in [1.165, 1.54) is 6.07 Å². The summed E-state index contributed by atoms with van der Waals surface area (Å²) in [4.78, 5) is 4.43. The first-order chi connectivity index (χ1) is 10.5. The molecule has 1 aliphatic rings. The molecule has 0 radical (unpaired) electrons. The molecule has 1 saturated heterocycles. The van der Waals surface area contributed by atoms with E-state index in [1.54, 1.807) is 6.92 Å². The van der Waals surface area contributed by atoms with Gasteiger partial charge in [0, 0.05) is 39.3 Å². The molecule has 1 aromatic carbocycles. The quantitative estimate of drug-likeness (QED) is 0.792. The van der Waals surface area contributed by atoms with Crippen molar-refractivity contribution in [2.24, 2.45) is 11.8 Å². The number of hydrogen-bond acceptors (Lipinski definition) is 4. The maximum absolute atomic E-state index is 13.3. The third kappa shape index (κ3) is 4.49. The highest BCUT2D eigenvalue weighted by molar-refractivity contribution is 5.24. The van der Waals surface area contributed by atoms with E-state index in [2.05, 4.69) is 9.80 Å². The second-order valence-electron chi connectivity index (χ2n) is 6.47. The summed E-state index contributed by atoms with van der Waals surface area (Å²) in [6.07, 6.45) is 0. The normalized spacial score (nSPS) is 22.6. The van der Waals surface area contributed by atoms with E-state index in [0.29, 0.717) is 18.0 Å². The van der Waals surface area contributed by atoms with Crippen molar-refractivity contribution in [3.63, 3.8) is 0 Å². The Labute approximate surface area is 132 Å². The molecule has 2 N–H and O–H groups in total. The predicted octanol–water partition coefficient (Wildman–Crippen LogP) is 1.10. The highest BCUT2D eigenvalue weighted by Gasteiger charge is 2.32. The topological polar surface area (TPSA) is 46.9 Å². The molecule has 2 atom stereocenters. The van der Waals surface area contributed by atoms with Crippen molar-refractivity contribution in [2.45, 2.75) is 13.5 Å². The molecule has 5 heteroatoms. The van der Waals surface area contributed by atoms with E-state index in [4.69, 9.17) is 5.11 Å². The summed E-state index contributed by atoms with van der Waals surface area (Å²) in [6.45, 7) is 6.25. The Hall–Kier alpha value is -1.01. The number of aliphatic hydroxyl groups is 2. The van der Waals surface area contributed by atoms with Gasteiger partial charge in [-0.3, -0.25) is 4.90 Å². The van der Waals surface area contributed by atoms with Crippen LogP contribution in [0.1, 0.15) is 11.1 Å². The Balaban J connectivity index is 1.94. The SMILES string of the molecule is Cc1cc(CN2C[C@@H](CN(C)CCO)[C@@H](CO)C2)ccc1F. The average Bonchev–Trinajstić information content (AvgIpc) is 2.84. The first-order valence-corrected chi connectivity index (χ1v) is 7.91. The standard InChI is InChI=1S/C17H27FN2O2/c1-13-7-14(3-4-17(13)18)8-20-10-15(16(11-20)12-22)9-19(2)5-6-21/h3-4,7,15-16,21-22H,5-6,8-12H2,1-2H3/t15-,16-/m1/s1. The maximum atomic E-state index is 13.3. The summed E-state index contributed by atoms with van der Waals surface area (Å²) in [5.41, 5.74) is 1.79. The molecule has 4 nitrogen and oxygen atoms in total. The molecule has 2 rings (SSSR count). The van der Waals surface area contributed by atoms with Gasteiger partial charge in [-0.25, -0.2) is 4.39 Å². The highest BCUT2D eigenvalue weighted by Crippen LogP contribution is 2.25. The first-order valence-electron chi connectivity index (χ1n) is 7.91. The van der Waals surface area contributed by atoms with Gasteiger partial charge in [-0.15, -0.1) is 0 Å². The molecule has 1 fully saturated rings. The number of likely N-dealkylation sites (N-methyl/N-ethyl adjacent to an activating group) is 1. The minimum Gasteiger partial charge on any atom is -0.396 e. The third-order valence-electron chi connectivity index (χ3n) is 4.54. The zero-order valence-electron chi connectivity index (χ0n) is 13.5. The monoisotopic (exact) mass is 310 g/mol. The summed E-state index contributed by atoms with van der Waals surface area (Å²) >= 11 is 0. The van der Waals surface area contributed by atoms with Crippen molar-refractivity contribution in [1.29, 1.82) is 0 Å². The van der Waals surface area contributed by atoms with Crippen molar-refractivity contribution in [2.75, 3.05) is 46.4 Å². The van der Waals surface area contributed by atoms with Crippen LogP contribution in [0.25, 0.3) is 0 Å². The zero-order chi connectivity index (χ0) is 16.1. The second-order valence-corrected chi connectivity index (χ2v) is 6.47. The zero-order valence-corrected chi connectivity index (χ0v) is 13.5. The number of benzene rings is 1. The minimum absolute atomic E-state index is 0.158. The van der Waals surface area contributed by atoms with Gasteiger partial charge >= 0.3 is 0 Å². The first kappa shape index (κ1) is 17.3. The lowest BCUT2D eigenvalue weighted by Gasteiger charge is -2.23. The van der Waals surface area contributed by atoms with E-state index >= 15 is 0 Å². The number of rotatable bonds is 7. The Morgan fingerprint density at radius 3 is 2.64 bits per heavy atom. The lowest BCUT2D eigenvalue weighted by molar-refractivity contribution is 0.160. The van der Waals surface area contributed by atoms with Crippen molar-refractivity contribution < 1.29 is 14.6 Å². The van der Waals surface area contributed by atoms with Gasteiger partial charge in [-0.2, -0.15) is 0 Å². The van der Waals surface area contributed by atoms with Crippen molar-refractivity contribution in [3.8, 4) is 0 Å². The van der Waals surface area contributed by atoms with Crippen LogP contribution in [0.2, 0.25) is 0 Å². The average molecular weight is 310 g/mol. The molecular formula is C17H27FN2O2. The van der Waals surface area contributed by atoms with Gasteiger partial charge in [-0.1, -0.05) is 12.1 Å². The van der Waals surface area contributed by atoms with Gasteiger partial charge in [0.05, 0.1) is 6.61 Å². The lowest BCUT2D eigenvalue weighted by Crippen LogP contribution is -2.32. The van der Waals surface area contributed by atoms with Crippen LogP contribution >= 0.6 is 0 Å². The second kappa shape index (κ2) is 8.02. The van der Waals surface area contributed by atoms with Gasteiger partial charge in [0.25, 0.3) is 0 Å². The fourth-order valence-corrected chi connectivity index (χ4v) is 3.30. The fourth-order valence-electron chi connectivity index (χ4n) is 3.30. The Morgan fingerprint density at radius 1 is 1.27 bits per heavy atom. The smallest absolute Gasteiger partial charge is 0.126 e. The largest absolute Gasteiger partial charge is 0.396 e. The van der Waals surface area contributed by atoms with Crippen molar-refractivity contribution in [1.82, 2.24) is 9.80 Å². The van der Waals surface area contributed by atoms with Crippen LogP contribution in [0.3, 0.4) is 0 Å². The molecule has 0 bridgehead atoms. The molecule has 0 saturated carbocycles. The maximum Gasteiger partial charge on any atom is 0.126 e. The number of hydrogen-bond donors (Lipinski definition) is 2. The number of aryl methyl sites for hydroxylation is 1. The number of likely N-dealkylation sites (tertiary alicyclic amines) is 1. The summed E-state index contributed by atoms with van der Waals surface area (Å²) in [5, 5.41) is 18.6. The van der Waals surface area contributed by atoms with Crippen molar-refractivity contribution in [3.05, 3.63) is 35.1 Å². The van der Waals surface area contributed by atoms with Crippen LogP contribution in [0.5, 0.6) is 0 Å². The summed E-state index contributed by atoms with van der Waals surface area (Å²) in [6, 6.07) is 5.26. The van der Waals surface area contributed by atoms with Crippen LogP contribution in [0.15, 0.2) is 18.2 Å². The summed E-state index contributed by atoms with van der Waals surface area (Å²) in [5.74, 6) is 0.507. The third-order valence-corrected chi connectivity index (χ3v) is 4.54. The van der Waals surface area contributed by atoms with Gasteiger partial charge in [0.1, 0.15) is 5.82 Å². The number of halogens is 1. The lowest BCUT2D eigenvalue weighted by atomic mass is 9.96. The number of aliphatic hydroxyl groups excluding tert-OH is 2. The Bertz CT molecular complexity index is 484. The van der Waals surface area contributed by atoms with Gasteiger partial charge in [-0.05, 0) is 43.0 Å². The molecule has 0 spiro atoms. The molecule has 1 heterocycles. The Kier molecular flexibility index (Phi) is 6.32. The molecule has 0 amide bonds. The minimum atomic E-state index is -0.165. The van der Waals surface area contributed by atoms with E-state index in [1.807, 2.05) is 19.2 Å². The van der Waals surface area contributed by atoms with E-state index in [9.17, 15) is 9.50 Å². The fraction of sp³-hybridized carbons (Fsp3) is 0.647. The van der Waals surface area contributed by atoms with Crippen LogP contribution < -0.4 is 0 Å². The summed E-state index contributed by atoms with van der Waals surface area (Å²) < 4.78 is 13.3. The van der Waals surface area contributed by atoms with Crippen molar-refractivity contribution >= 4 is 0 Å². The van der Waals surface area contributed by atoms with Gasteiger partial charge in [0.2, 0.25) is 0 Å². The molecule has 0 aliphatic carbocycles. The van der Waals surface area contributed by atoms with E-state index < -0.39 is 0 Å². The predicted molar refractivity (Wildman–Crippen MR) is 85.1 cm³/mol.